The van der Waals surface area contributed by atoms with E-state index in [1.54, 1.807) is 31.1 Å². The predicted molar refractivity (Wildman–Crippen MR) is 90.9 cm³/mol. The molecule has 5 heteroatoms. The molecule has 1 atom stereocenters. The molecule has 2 N–H and O–H groups in total. The number of nitrogens with one attached hydrogen (secondary N) is 2. The van der Waals surface area contributed by atoms with Crippen molar-refractivity contribution in [1.82, 2.24) is 0 Å². The molecule has 0 saturated carbocycles. The molecular weight excluding hydrogens is 292 g/mol. The van der Waals surface area contributed by atoms with E-state index in [2.05, 4.69) is 19.9 Å². The van der Waals surface area contributed by atoms with Gasteiger partial charge < -0.3 is 24.0 Å². The van der Waals surface area contributed by atoms with Gasteiger partial charge in [-0.1, -0.05) is 6.92 Å². The van der Waals surface area contributed by atoms with Gasteiger partial charge in [-0.05, 0) is 19.4 Å². The molecule has 1 aliphatic heterocycles. The topological polar surface area (TPSA) is 36.6 Å². The zero-order valence-electron chi connectivity index (χ0n) is 15.2. The van der Waals surface area contributed by atoms with Crippen LogP contribution in [0, 0.1) is 0 Å². The first kappa shape index (κ1) is 17.9. The molecule has 1 saturated heterocycles. The quantitative estimate of drug-likeness (QED) is 0.729. The first-order valence-corrected chi connectivity index (χ1v) is 8.59. The minimum Gasteiger partial charge on any atom is -0.496 e. The number of quaternary nitrogens is 2. The minimum absolute atomic E-state index is 0.717. The number of methoxy groups -OCH3 is 3. The number of benzene rings is 1. The Morgan fingerprint density at radius 3 is 2.00 bits per heavy atom. The van der Waals surface area contributed by atoms with Gasteiger partial charge in [0.2, 0.25) is 0 Å². The standard InChI is InChI=1S/C18H30N2O3/c1-6-14(2)20-9-7-19(8-10-20)13-15-11-17(22-4)18(23-5)12-16(15)21-3/h11-12,14H,6-10,13H2,1-5H3/p+2/t14-/m0/s1. The highest BCUT2D eigenvalue weighted by molar-refractivity contribution is 5.50. The molecule has 0 amide bonds. The third kappa shape index (κ3) is 4.30. The average molecular weight is 324 g/mol. The summed E-state index contributed by atoms with van der Waals surface area (Å²) in [4.78, 5) is 3.36. The Bertz CT molecular complexity index is 499. The smallest absolute Gasteiger partial charge is 0.164 e. The van der Waals surface area contributed by atoms with Crippen LogP contribution in [0.3, 0.4) is 0 Å². The molecular formula is C18H32N2O3+2. The summed E-state index contributed by atoms with van der Waals surface area (Å²) >= 11 is 0. The van der Waals surface area contributed by atoms with Crippen molar-refractivity contribution in [3.63, 3.8) is 0 Å². The molecule has 0 spiro atoms. The second kappa shape index (κ2) is 8.41. The maximum absolute atomic E-state index is 5.55. The van der Waals surface area contributed by atoms with Crippen molar-refractivity contribution >= 4 is 0 Å². The molecule has 23 heavy (non-hydrogen) atoms. The number of hydrogen-bond donors (Lipinski definition) is 2. The monoisotopic (exact) mass is 324 g/mol. The summed E-state index contributed by atoms with van der Waals surface area (Å²) in [7, 11) is 5.04. The molecule has 0 bridgehead atoms. The average Bonchev–Trinajstić information content (AvgIpc) is 2.61. The van der Waals surface area contributed by atoms with Crippen molar-refractivity contribution in [1.29, 1.82) is 0 Å². The summed E-state index contributed by atoms with van der Waals surface area (Å²) < 4.78 is 16.3. The van der Waals surface area contributed by atoms with Crippen molar-refractivity contribution < 1.29 is 24.0 Å². The normalized spacial score (nSPS) is 22.5. The summed E-state index contributed by atoms with van der Waals surface area (Å²) in [5, 5.41) is 0. The van der Waals surface area contributed by atoms with E-state index in [4.69, 9.17) is 14.2 Å². The lowest BCUT2D eigenvalue weighted by atomic mass is 10.1. The van der Waals surface area contributed by atoms with Crippen LogP contribution >= 0.6 is 0 Å². The number of ether oxygens (including phenoxy) is 3. The van der Waals surface area contributed by atoms with E-state index in [1.807, 2.05) is 6.07 Å². The van der Waals surface area contributed by atoms with E-state index in [9.17, 15) is 0 Å². The SMILES string of the molecule is CC[C@H](C)[NH+]1CC[NH+](Cc2cc(OC)c(OC)cc2OC)CC1. The zero-order chi connectivity index (χ0) is 16.8. The highest BCUT2D eigenvalue weighted by Gasteiger charge is 2.27. The molecule has 0 radical (unpaired) electrons. The van der Waals surface area contributed by atoms with Gasteiger partial charge in [-0.25, -0.2) is 0 Å². The van der Waals surface area contributed by atoms with Gasteiger partial charge in [0.25, 0.3) is 0 Å². The summed E-state index contributed by atoms with van der Waals surface area (Å²) in [6.07, 6.45) is 1.26. The summed E-state index contributed by atoms with van der Waals surface area (Å²) in [6, 6.07) is 4.75. The van der Waals surface area contributed by atoms with Gasteiger partial charge in [-0.15, -0.1) is 0 Å². The maximum atomic E-state index is 5.55. The van der Waals surface area contributed by atoms with Crippen molar-refractivity contribution in [2.45, 2.75) is 32.9 Å². The van der Waals surface area contributed by atoms with Crippen LogP contribution in [-0.4, -0.2) is 53.6 Å². The van der Waals surface area contributed by atoms with Gasteiger partial charge in [-0.3, -0.25) is 0 Å². The van der Waals surface area contributed by atoms with Crippen LogP contribution in [0.15, 0.2) is 12.1 Å². The van der Waals surface area contributed by atoms with Crippen molar-refractivity contribution in [2.75, 3.05) is 47.5 Å². The lowest BCUT2D eigenvalue weighted by Gasteiger charge is -2.33. The molecule has 2 rings (SSSR count). The first-order chi connectivity index (χ1) is 11.1. The molecule has 1 aromatic carbocycles. The Kier molecular flexibility index (Phi) is 6.54. The van der Waals surface area contributed by atoms with Crippen LogP contribution in [0.1, 0.15) is 25.8 Å². The molecule has 130 valence electrons. The Morgan fingerprint density at radius 2 is 1.48 bits per heavy atom. The first-order valence-electron chi connectivity index (χ1n) is 8.59. The zero-order valence-corrected chi connectivity index (χ0v) is 15.2. The van der Waals surface area contributed by atoms with E-state index in [0.29, 0.717) is 5.75 Å². The second-order valence-electron chi connectivity index (χ2n) is 6.41. The third-order valence-electron chi connectivity index (χ3n) is 5.14. The van der Waals surface area contributed by atoms with Crippen molar-refractivity contribution in [3.05, 3.63) is 17.7 Å². The highest BCUT2D eigenvalue weighted by atomic mass is 16.5. The van der Waals surface area contributed by atoms with E-state index in [-0.39, 0.29) is 0 Å². The fourth-order valence-corrected chi connectivity index (χ4v) is 3.38. The van der Waals surface area contributed by atoms with Gasteiger partial charge in [0.1, 0.15) is 38.5 Å². The fraction of sp³-hybridized carbons (Fsp3) is 0.667. The number of piperazine rings is 1. The number of rotatable bonds is 7. The van der Waals surface area contributed by atoms with Gasteiger partial charge in [0.15, 0.2) is 11.5 Å². The van der Waals surface area contributed by atoms with Crippen LogP contribution < -0.4 is 24.0 Å². The Balaban J connectivity index is 2.05. The van der Waals surface area contributed by atoms with Crippen molar-refractivity contribution in [2.24, 2.45) is 0 Å². The van der Waals surface area contributed by atoms with Crippen LogP contribution in [0.4, 0.5) is 0 Å². The molecule has 1 fully saturated rings. The van der Waals surface area contributed by atoms with Gasteiger partial charge in [0, 0.05) is 6.07 Å². The summed E-state index contributed by atoms with van der Waals surface area (Å²) in [5.74, 6) is 2.37. The Morgan fingerprint density at radius 1 is 0.913 bits per heavy atom. The number of hydrogen-bond acceptors (Lipinski definition) is 3. The highest BCUT2D eigenvalue weighted by Crippen LogP contribution is 2.34. The molecule has 5 nitrogen and oxygen atoms in total. The fourth-order valence-electron chi connectivity index (χ4n) is 3.38. The van der Waals surface area contributed by atoms with E-state index in [0.717, 1.165) is 24.1 Å². The van der Waals surface area contributed by atoms with Crippen LogP contribution in [-0.2, 0) is 6.54 Å². The molecule has 0 aliphatic carbocycles. The van der Waals surface area contributed by atoms with Crippen LogP contribution in [0.25, 0.3) is 0 Å². The molecule has 1 heterocycles. The summed E-state index contributed by atoms with van der Waals surface area (Å²) in [6.45, 7) is 10.5. The predicted octanol–water partition coefficient (Wildman–Crippen LogP) is -0.206. The molecule has 0 aromatic heterocycles. The Hall–Kier alpha value is -1.46. The Labute approximate surface area is 140 Å². The van der Waals surface area contributed by atoms with Crippen molar-refractivity contribution in [3.8, 4) is 17.2 Å². The minimum atomic E-state index is 0.717. The molecule has 1 aliphatic rings. The summed E-state index contributed by atoms with van der Waals surface area (Å²) in [5.41, 5.74) is 1.19. The lowest BCUT2D eigenvalue weighted by Crippen LogP contribution is -3.29. The third-order valence-corrected chi connectivity index (χ3v) is 5.14. The van der Waals surface area contributed by atoms with Gasteiger partial charge in [-0.2, -0.15) is 0 Å². The van der Waals surface area contributed by atoms with E-state index >= 15 is 0 Å². The lowest BCUT2D eigenvalue weighted by molar-refractivity contribution is -1.03. The van der Waals surface area contributed by atoms with Gasteiger partial charge >= 0.3 is 0 Å². The van der Waals surface area contributed by atoms with E-state index < -0.39 is 0 Å². The largest absolute Gasteiger partial charge is 0.496 e. The van der Waals surface area contributed by atoms with Gasteiger partial charge in [0.05, 0.1) is 32.9 Å². The van der Waals surface area contributed by atoms with Crippen LogP contribution in [0.5, 0.6) is 17.2 Å². The van der Waals surface area contributed by atoms with Crippen LogP contribution in [0.2, 0.25) is 0 Å². The molecule has 1 aromatic rings. The maximum Gasteiger partial charge on any atom is 0.164 e. The second-order valence-corrected chi connectivity index (χ2v) is 6.41. The molecule has 0 unspecified atom stereocenters. The van der Waals surface area contributed by atoms with E-state index in [1.165, 1.54) is 38.2 Å².